The number of nitrogens with one attached hydrogen (secondary N) is 1. The number of methoxy groups -OCH3 is 1. The second kappa shape index (κ2) is 5.75. The van der Waals surface area contributed by atoms with Crippen molar-refractivity contribution >= 4 is 28.7 Å². The molecule has 104 valence electrons. The molecule has 0 heterocycles. The highest BCUT2D eigenvalue weighted by atomic mass is 35.5. The SMILES string of the molecule is COc1cc(Nc2ccc(F)c(Cl)c2)cc([N+](=O)[O-])c1. The lowest BCUT2D eigenvalue weighted by Crippen LogP contribution is -1.95. The highest BCUT2D eigenvalue weighted by molar-refractivity contribution is 6.31. The summed E-state index contributed by atoms with van der Waals surface area (Å²) in [6.07, 6.45) is 0. The van der Waals surface area contributed by atoms with Crippen molar-refractivity contribution in [2.75, 3.05) is 12.4 Å². The minimum Gasteiger partial charge on any atom is -0.496 e. The molecule has 0 saturated heterocycles. The molecule has 0 amide bonds. The number of benzene rings is 2. The first-order chi connectivity index (χ1) is 9.49. The minimum atomic E-state index is -0.533. The summed E-state index contributed by atoms with van der Waals surface area (Å²) in [4.78, 5) is 10.3. The third kappa shape index (κ3) is 3.16. The second-order valence-corrected chi connectivity index (χ2v) is 4.34. The Morgan fingerprint density at radius 1 is 1.25 bits per heavy atom. The van der Waals surface area contributed by atoms with E-state index in [4.69, 9.17) is 16.3 Å². The fourth-order valence-electron chi connectivity index (χ4n) is 1.62. The Hall–Kier alpha value is -2.34. The van der Waals surface area contributed by atoms with Gasteiger partial charge in [0.15, 0.2) is 0 Å². The van der Waals surface area contributed by atoms with Crippen molar-refractivity contribution in [1.29, 1.82) is 0 Å². The van der Waals surface area contributed by atoms with E-state index >= 15 is 0 Å². The van der Waals surface area contributed by atoms with Crippen LogP contribution in [0.4, 0.5) is 21.5 Å². The van der Waals surface area contributed by atoms with E-state index < -0.39 is 10.7 Å². The molecule has 1 N–H and O–H groups in total. The standard InChI is InChI=1S/C13H10ClFN2O3/c1-20-11-5-9(4-10(7-11)17(18)19)16-8-2-3-13(15)12(14)6-8/h2-7,16H,1H3. The molecule has 0 fully saturated rings. The van der Waals surface area contributed by atoms with Gasteiger partial charge in [0.05, 0.1) is 23.1 Å². The Bertz CT molecular complexity index is 664. The maximum Gasteiger partial charge on any atom is 0.275 e. The van der Waals surface area contributed by atoms with Gasteiger partial charge in [-0.3, -0.25) is 10.1 Å². The molecule has 0 aromatic heterocycles. The first-order valence-corrected chi connectivity index (χ1v) is 5.93. The number of hydrogen-bond donors (Lipinski definition) is 1. The van der Waals surface area contributed by atoms with Gasteiger partial charge in [-0.2, -0.15) is 0 Å². The lowest BCUT2D eigenvalue weighted by Gasteiger charge is -2.09. The third-order valence-corrected chi connectivity index (χ3v) is 2.84. The molecule has 0 unspecified atom stereocenters. The molecule has 0 bridgehead atoms. The Morgan fingerprint density at radius 3 is 2.60 bits per heavy atom. The normalized spacial score (nSPS) is 10.2. The van der Waals surface area contributed by atoms with E-state index in [1.165, 1.54) is 37.4 Å². The van der Waals surface area contributed by atoms with Gasteiger partial charge >= 0.3 is 0 Å². The Morgan fingerprint density at radius 2 is 2.00 bits per heavy atom. The van der Waals surface area contributed by atoms with Crippen LogP contribution in [0, 0.1) is 15.9 Å². The van der Waals surface area contributed by atoms with Gasteiger partial charge in [-0.25, -0.2) is 4.39 Å². The number of non-ortho nitro benzene ring substituents is 1. The molecule has 0 spiro atoms. The molecular weight excluding hydrogens is 287 g/mol. The van der Waals surface area contributed by atoms with E-state index in [-0.39, 0.29) is 10.7 Å². The van der Waals surface area contributed by atoms with Crippen LogP contribution in [0.5, 0.6) is 5.75 Å². The van der Waals surface area contributed by atoms with Gasteiger partial charge in [0, 0.05) is 23.5 Å². The smallest absolute Gasteiger partial charge is 0.275 e. The average Bonchev–Trinajstić information content (AvgIpc) is 2.42. The lowest BCUT2D eigenvalue weighted by molar-refractivity contribution is -0.384. The maximum atomic E-state index is 13.1. The van der Waals surface area contributed by atoms with Crippen LogP contribution >= 0.6 is 11.6 Å². The van der Waals surface area contributed by atoms with Crippen molar-refractivity contribution in [3.8, 4) is 5.75 Å². The van der Waals surface area contributed by atoms with Crippen LogP contribution in [-0.2, 0) is 0 Å². The van der Waals surface area contributed by atoms with Crippen molar-refractivity contribution in [3.05, 3.63) is 57.4 Å². The first kappa shape index (κ1) is 14.1. The number of nitrogens with zero attached hydrogens (tertiary/aromatic N) is 1. The van der Waals surface area contributed by atoms with Crippen LogP contribution in [0.15, 0.2) is 36.4 Å². The zero-order chi connectivity index (χ0) is 14.7. The summed E-state index contributed by atoms with van der Waals surface area (Å²) in [5.74, 6) is -0.191. The molecule has 2 rings (SSSR count). The topological polar surface area (TPSA) is 64.4 Å². The third-order valence-electron chi connectivity index (χ3n) is 2.55. The van der Waals surface area contributed by atoms with Gasteiger partial charge < -0.3 is 10.1 Å². The zero-order valence-corrected chi connectivity index (χ0v) is 11.1. The molecule has 0 atom stereocenters. The Balaban J connectivity index is 2.34. The Kier molecular flexibility index (Phi) is 4.05. The van der Waals surface area contributed by atoms with Crippen LogP contribution in [-0.4, -0.2) is 12.0 Å². The molecule has 2 aromatic rings. The predicted octanol–water partition coefficient (Wildman–Crippen LogP) is 4.14. The largest absolute Gasteiger partial charge is 0.496 e. The highest BCUT2D eigenvalue weighted by Gasteiger charge is 2.11. The van der Waals surface area contributed by atoms with E-state index in [9.17, 15) is 14.5 Å². The van der Waals surface area contributed by atoms with Gasteiger partial charge in [0.2, 0.25) is 0 Å². The summed E-state index contributed by atoms with van der Waals surface area (Å²) in [5.41, 5.74) is 0.845. The van der Waals surface area contributed by atoms with E-state index in [0.717, 1.165) is 0 Å². The van der Waals surface area contributed by atoms with Gasteiger partial charge in [-0.1, -0.05) is 11.6 Å². The van der Waals surface area contributed by atoms with E-state index in [0.29, 0.717) is 17.1 Å². The average molecular weight is 297 g/mol. The summed E-state index contributed by atoms with van der Waals surface area (Å²) in [6, 6.07) is 8.32. The Labute approximate surface area is 119 Å². The van der Waals surface area contributed by atoms with E-state index in [1.807, 2.05) is 0 Å². The molecule has 0 saturated carbocycles. The predicted molar refractivity (Wildman–Crippen MR) is 74.3 cm³/mol. The van der Waals surface area contributed by atoms with E-state index in [2.05, 4.69) is 5.32 Å². The molecule has 0 aliphatic heterocycles. The van der Waals surface area contributed by atoms with Crippen LogP contribution in [0.25, 0.3) is 0 Å². The van der Waals surface area contributed by atoms with Crippen LogP contribution < -0.4 is 10.1 Å². The second-order valence-electron chi connectivity index (χ2n) is 3.93. The molecule has 0 aliphatic carbocycles. The molecule has 2 aromatic carbocycles. The van der Waals surface area contributed by atoms with Crippen LogP contribution in [0.2, 0.25) is 5.02 Å². The maximum absolute atomic E-state index is 13.1. The first-order valence-electron chi connectivity index (χ1n) is 5.55. The number of ether oxygens (including phenoxy) is 1. The molecule has 7 heteroatoms. The molecular formula is C13H10ClFN2O3. The van der Waals surface area contributed by atoms with Crippen molar-refractivity contribution in [2.45, 2.75) is 0 Å². The van der Waals surface area contributed by atoms with Crippen LogP contribution in [0.1, 0.15) is 0 Å². The summed E-state index contributed by atoms with van der Waals surface area (Å²) in [6.45, 7) is 0. The molecule has 0 aliphatic rings. The van der Waals surface area contributed by atoms with E-state index in [1.54, 1.807) is 6.07 Å². The fraction of sp³-hybridized carbons (Fsp3) is 0.0769. The van der Waals surface area contributed by atoms with Gasteiger partial charge in [-0.15, -0.1) is 0 Å². The molecule has 20 heavy (non-hydrogen) atoms. The monoisotopic (exact) mass is 296 g/mol. The van der Waals surface area contributed by atoms with Crippen molar-refractivity contribution in [3.63, 3.8) is 0 Å². The number of nitro benzene ring substituents is 1. The summed E-state index contributed by atoms with van der Waals surface area (Å²) in [5, 5.41) is 13.7. The minimum absolute atomic E-state index is 0.0348. The van der Waals surface area contributed by atoms with Gasteiger partial charge in [0.1, 0.15) is 11.6 Å². The quantitative estimate of drug-likeness (QED) is 0.680. The molecule has 5 nitrogen and oxygen atoms in total. The van der Waals surface area contributed by atoms with Crippen LogP contribution in [0.3, 0.4) is 0 Å². The molecule has 0 radical (unpaired) electrons. The zero-order valence-electron chi connectivity index (χ0n) is 10.4. The van der Waals surface area contributed by atoms with Crippen molar-refractivity contribution in [1.82, 2.24) is 0 Å². The van der Waals surface area contributed by atoms with Gasteiger partial charge in [0.25, 0.3) is 5.69 Å². The number of hydrogen-bond acceptors (Lipinski definition) is 4. The number of halogens is 2. The van der Waals surface area contributed by atoms with Crippen molar-refractivity contribution < 1.29 is 14.1 Å². The van der Waals surface area contributed by atoms with Gasteiger partial charge in [-0.05, 0) is 18.2 Å². The van der Waals surface area contributed by atoms with Crippen molar-refractivity contribution in [2.24, 2.45) is 0 Å². The highest BCUT2D eigenvalue weighted by Crippen LogP contribution is 2.29. The fourth-order valence-corrected chi connectivity index (χ4v) is 1.80. The number of anilines is 2. The number of nitro groups is 1. The summed E-state index contributed by atoms with van der Waals surface area (Å²) in [7, 11) is 1.41. The summed E-state index contributed by atoms with van der Waals surface area (Å²) >= 11 is 5.67. The lowest BCUT2D eigenvalue weighted by atomic mass is 10.2. The number of rotatable bonds is 4. The summed E-state index contributed by atoms with van der Waals surface area (Å²) < 4.78 is 18.1.